The van der Waals surface area contributed by atoms with Crippen molar-refractivity contribution >= 4 is 17.6 Å². The van der Waals surface area contributed by atoms with Crippen LogP contribution in [0.2, 0.25) is 0 Å². The van der Waals surface area contributed by atoms with Gasteiger partial charge in [0.1, 0.15) is 6.61 Å². The Morgan fingerprint density at radius 2 is 2.31 bits per heavy atom. The Balaban J connectivity index is 2.99. The third kappa shape index (κ3) is 2.82. The predicted molar refractivity (Wildman–Crippen MR) is 54.9 cm³/mol. The van der Waals surface area contributed by atoms with Crippen molar-refractivity contribution in [1.29, 1.82) is 0 Å². The molecule has 0 aromatic carbocycles. The SMILES string of the molecule is CCc1cc(C=S)nc(COC)n1. The summed E-state index contributed by atoms with van der Waals surface area (Å²) in [6.07, 6.45) is 0.884. The first kappa shape index (κ1) is 10.2. The summed E-state index contributed by atoms with van der Waals surface area (Å²) in [7, 11) is 1.62. The third-order valence-electron chi connectivity index (χ3n) is 1.60. The van der Waals surface area contributed by atoms with Gasteiger partial charge in [-0.1, -0.05) is 19.1 Å². The third-order valence-corrected chi connectivity index (χ3v) is 1.84. The Kier molecular flexibility index (Phi) is 3.92. The molecule has 3 nitrogen and oxygen atoms in total. The maximum atomic E-state index is 4.95. The Hall–Kier alpha value is -0.870. The van der Waals surface area contributed by atoms with Gasteiger partial charge in [-0.25, -0.2) is 9.97 Å². The number of rotatable bonds is 4. The van der Waals surface area contributed by atoms with Crippen LogP contribution < -0.4 is 0 Å². The lowest BCUT2D eigenvalue weighted by Gasteiger charge is -2.02. The molecule has 0 fully saturated rings. The quantitative estimate of drug-likeness (QED) is 0.684. The highest BCUT2D eigenvalue weighted by Gasteiger charge is 2.00. The molecule has 13 heavy (non-hydrogen) atoms. The molecule has 1 aromatic rings. The molecule has 0 saturated heterocycles. The van der Waals surface area contributed by atoms with E-state index in [0.717, 1.165) is 17.8 Å². The minimum absolute atomic E-state index is 0.435. The van der Waals surface area contributed by atoms with Gasteiger partial charge >= 0.3 is 0 Å². The number of ether oxygens (including phenoxy) is 1. The molecule has 4 heteroatoms. The van der Waals surface area contributed by atoms with Crippen LogP contribution in [0.25, 0.3) is 0 Å². The predicted octanol–water partition coefficient (Wildman–Crippen LogP) is 1.53. The van der Waals surface area contributed by atoms with Crippen LogP contribution in [0.5, 0.6) is 0 Å². The topological polar surface area (TPSA) is 35.0 Å². The number of hydrogen-bond acceptors (Lipinski definition) is 4. The van der Waals surface area contributed by atoms with E-state index in [1.165, 1.54) is 0 Å². The Labute approximate surface area is 83.2 Å². The van der Waals surface area contributed by atoms with Crippen LogP contribution in [0.15, 0.2) is 6.07 Å². The van der Waals surface area contributed by atoms with Crippen LogP contribution in [0.3, 0.4) is 0 Å². The van der Waals surface area contributed by atoms with E-state index in [1.54, 1.807) is 12.5 Å². The molecular formula is C9H12N2OS. The zero-order chi connectivity index (χ0) is 9.68. The van der Waals surface area contributed by atoms with Gasteiger partial charge in [-0.3, -0.25) is 0 Å². The Morgan fingerprint density at radius 3 is 2.85 bits per heavy atom. The number of nitrogens with zero attached hydrogens (tertiary/aromatic N) is 2. The van der Waals surface area contributed by atoms with Crippen LogP contribution >= 0.6 is 12.2 Å². The maximum Gasteiger partial charge on any atom is 0.154 e. The van der Waals surface area contributed by atoms with Gasteiger partial charge in [0.15, 0.2) is 5.82 Å². The molecule has 0 atom stereocenters. The molecule has 0 N–H and O–H groups in total. The van der Waals surface area contributed by atoms with Gasteiger partial charge in [-0.05, 0) is 12.5 Å². The van der Waals surface area contributed by atoms with Gasteiger partial charge < -0.3 is 4.74 Å². The summed E-state index contributed by atoms with van der Waals surface area (Å²) >= 11 is 4.81. The van der Waals surface area contributed by atoms with Crippen molar-refractivity contribution in [2.45, 2.75) is 20.0 Å². The molecule has 0 amide bonds. The van der Waals surface area contributed by atoms with Crippen LogP contribution in [-0.2, 0) is 17.8 Å². The molecule has 1 aromatic heterocycles. The summed E-state index contributed by atoms with van der Waals surface area (Å²) in [6, 6.07) is 1.90. The number of aromatic nitrogens is 2. The molecular weight excluding hydrogens is 184 g/mol. The van der Waals surface area contributed by atoms with Gasteiger partial charge in [0, 0.05) is 18.2 Å². The second-order valence-electron chi connectivity index (χ2n) is 2.60. The van der Waals surface area contributed by atoms with Gasteiger partial charge in [-0.15, -0.1) is 0 Å². The zero-order valence-corrected chi connectivity index (χ0v) is 8.60. The summed E-state index contributed by atoms with van der Waals surface area (Å²) in [5.74, 6) is 0.693. The van der Waals surface area contributed by atoms with Gasteiger partial charge in [0.05, 0.1) is 5.69 Å². The molecule has 1 heterocycles. The monoisotopic (exact) mass is 196 g/mol. The largest absolute Gasteiger partial charge is 0.377 e. The molecule has 0 unspecified atom stereocenters. The number of hydrogen-bond donors (Lipinski definition) is 0. The van der Waals surface area contributed by atoms with E-state index in [4.69, 9.17) is 17.0 Å². The fourth-order valence-electron chi connectivity index (χ4n) is 1.01. The molecule has 0 aliphatic carbocycles. The van der Waals surface area contributed by atoms with E-state index in [1.807, 2.05) is 13.0 Å². The molecule has 0 spiro atoms. The first-order valence-corrected chi connectivity index (χ1v) is 4.58. The average molecular weight is 196 g/mol. The van der Waals surface area contributed by atoms with E-state index in [-0.39, 0.29) is 0 Å². The van der Waals surface area contributed by atoms with Gasteiger partial charge in [0.25, 0.3) is 0 Å². The van der Waals surface area contributed by atoms with Crippen molar-refractivity contribution in [3.05, 3.63) is 23.3 Å². The summed E-state index contributed by atoms with van der Waals surface area (Å²) in [5.41, 5.74) is 1.78. The van der Waals surface area contributed by atoms with Crippen molar-refractivity contribution in [3.8, 4) is 0 Å². The standard InChI is InChI=1S/C9H12N2OS/c1-3-7-4-8(6-13)11-9(10-7)5-12-2/h4,6H,3,5H2,1-2H3. The highest BCUT2D eigenvalue weighted by Crippen LogP contribution is 2.01. The molecule has 0 aliphatic rings. The zero-order valence-electron chi connectivity index (χ0n) is 7.78. The van der Waals surface area contributed by atoms with Crippen molar-refractivity contribution in [1.82, 2.24) is 9.97 Å². The lowest BCUT2D eigenvalue weighted by atomic mass is 10.3. The molecule has 1 rings (SSSR count). The van der Waals surface area contributed by atoms with Crippen molar-refractivity contribution in [3.63, 3.8) is 0 Å². The molecule has 70 valence electrons. The van der Waals surface area contributed by atoms with Gasteiger partial charge in [0.2, 0.25) is 0 Å². The average Bonchev–Trinajstić information content (AvgIpc) is 2.17. The van der Waals surface area contributed by atoms with Crippen molar-refractivity contribution in [2.75, 3.05) is 7.11 Å². The Bertz CT molecular complexity index is 302. The molecule has 0 radical (unpaired) electrons. The highest BCUT2D eigenvalue weighted by atomic mass is 32.1. The van der Waals surface area contributed by atoms with Crippen LogP contribution in [0.1, 0.15) is 24.1 Å². The second kappa shape index (κ2) is 4.99. The lowest BCUT2D eigenvalue weighted by molar-refractivity contribution is 0.177. The van der Waals surface area contributed by atoms with E-state index in [2.05, 4.69) is 9.97 Å². The highest BCUT2D eigenvalue weighted by molar-refractivity contribution is 7.79. The van der Waals surface area contributed by atoms with Crippen LogP contribution in [0.4, 0.5) is 0 Å². The van der Waals surface area contributed by atoms with E-state index in [0.29, 0.717) is 12.4 Å². The first-order chi connectivity index (χ1) is 6.30. The lowest BCUT2D eigenvalue weighted by Crippen LogP contribution is -2.03. The van der Waals surface area contributed by atoms with Crippen molar-refractivity contribution in [2.24, 2.45) is 0 Å². The number of aryl methyl sites for hydroxylation is 1. The van der Waals surface area contributed by atoms with Crippen molar-refractivity contribution < 1.29 is 4.74 Å². The van der Waals surface area contributed by atoms with Gasteiger partial charge in [-0.2, -0.15) is 0 Å². The number of thiocarbonyl (C=S) groups is 1. The Morgan fingerprint density at radius 1 is 1.54 bits per heavy atom. The summed E-state index contributed by atoms with van der Waals surface area (Å²) in [6.45, 7) is 2.48. The molecule has 0 aliphatic heterocycles. The molecule has 0 bridgehead atoms. The summed E-state index contributed by atoms with van der Waals surface area (Å²) in [4.78, 5) is 8.48. The minimum Gasteiger partial charge on any atom is -0.377 e. The second-order valence-corrected chi connectivity index (χ2v) is 2.84. The van der Waals surface area contributed by atoms with E-state index >= 15 is 0 Å². The number of methoxy groups -OCH3 is 1. The van der Waals surface area contributed by atoms with Crippen LogP contribution in [0, 0.1) is 0 Å². The van der Waals surface area contributed by atoms with E-state index in [9.17, 15) is 0 Å². The smallest absolute Gasteiger partial charge is 0.154 e. The fraction of sp³-hybridized carbons (Fsp3) is 0.444. The molecule has 0 saturated carbocycles. The summed E-state index contributed by atoms with van der Waals surface area (Å²) < 4.78 is 4.95. The fourth-order valence-corrected chi connectivity index (χ4v) is 1.13. The maximum absolute atomic E-state index is 4.95. The van der Waals surface area contributed by atoms with E-state index < -0.39 is 0 Å². The normalized spacial score (nSPS) is 10.0. The first-order valence-electron chi connectivity index (χ1n) is 4.11. The van der Waals surface area contributed by atoms with Crippen LogP contribution in [-0.4, -0.2) is 22.4 Å². The summed E-state index contributed by atoms with van der Waals surface area (Å²) in [5, 5.41) is 1.56. The minimum atomic E-state index is 0.435.